The van der Waals surface area contributed by atoms with E-state index in [2.05, 4.69) is 11.2 Å². The molecule has 1 N–H and O–H groups in total. The molecule has 0 radical (unpaired) electrons. The summed E-state index contributed by atoms with van der Waals surface area (Å²) in [6, 6.07) is 7.22. The van der Waals surface area contributed by atoms with Gasteiger partial charge in [0, 0.05) is 12.5 Å². The quantitative estimate of drug-likeness (QED) is 0.782. The van der Waals surface area contributed by atoms with Crippen LogP contribution in [-0.2, 0) is 0 Å². The van der Waals surface area contributed by atoms with Crippen molar-refractivity contribution in [3.05, 3.63) is 29.8 Å². The molecule has 0 bridgehead atoms. The SMILES string of the molecule is C#CCC(CC)NC(=O)c1ccccc1OCC. The van der Waals surface area contributed by atoms with Crippen molar-refractivity contribution in [2.75, 3.05) is 6.61 Å². The van der Waals surface area contributed by atoms with Crippen molar-refractivity contribution in [3.8, 4) is 18.1 Å². The normalized spacial score (nSPS) is 11.4. The van der Waals surface area contributed by atoms with Gasteiger partial charge in [-0.25, -0.2) is 0 Å². The molecule has 3 nitrogen and oxygen atoms in total. The Morgan fingerprint density at radius 1 is 1.44 bits per heavy atom. The topological polar surface area (TPSA) is 38.3 Å². The Balaban J connectivity index is 2.80. The molecule has 3 heteroatoms. The van der Waals surface area contributed by atoms with E-state index in [-0.39, 0.29) is 11.9 Å². The highest BCUT2D eigenvalue weighted by Gasteiger charge is 2.15. The molecule has 0 saturated carbocycles. The van der Waals surface area contributed by atoms with Gasteiger partial charge in [-0.1, -0.05) is 19.1 Å². The number of nitrogens with one attached hydrogen (secondary N) is 1. The lowest BCUT2D eigenvalue weighted by Gasteiger charge is -2.16. The minimum Gasteiger partial charge on any atom is -0.493 e. The number of rotatable bonds is 6. The van der Waals surface area contributed by atoms with Crippen molar-refractivity contribution < 1.29 is 9.53 Å². The lowest BCUT2D eigenvalue weighted by molar-refractivity contribution is 0.0933. The van der Waals surface area contributed by atoms with E-state index in [0.717, 1.165) is 6.42 Å². The second-order valence-electron chi connectivity index (χ2n) is 3.92. The predicted molar refractivity (Wildman–Crippen MR) is 72.6 cm³/mol. The summed E-state index contributed by atoms with van der Waals surface area (Å²) in [5.74, 6) is 3.04. The van der Waals surface area contributed by atoms with Gasteiger partial charge in [-0.3, -0.25) is 4.79 Å². The molecule has 0 aliphatic rings. The van der Waals surface area contributed by atoms with Crippen LogP contribution in [0.15, 0.2) is 24.3 Å². The Morgan fingerprint density at radius 3 is 2.78 bits per heavy atom. The molecule has 1 aromatic carbocycles. The monoisotopic (exact) mass is 245 g/mol. The Morgan fingerprint density at radius 2 is 2.17 bits per heavy atom. The molecule has 0 aromatic heterocycles. The van der Waals surface area contributed by atoms with Crippen LogP contribution in [0.3, 0.4) is 0 Å². The zero-order valence-corrected chi connectivity index (χ0v) is 10.9. The van der Waals surface area contributed by atoms with E-state index in [0.29, 0.717) is 24.3 Å². The molecule has 0 aliphatic carbocycles. The van der Waals surface area contributed by atoms with E-state index in [9.17, 15) is 4.79 Å². The number of hydrogen-bond donors (Lipinski definition) is 1. The van der Waals surface area contributed by atoms with E-state index >= 15 is 0 Å². The van der Waals surface area contributed by atoms with Crippen LogP contribution in [0.25, 0.3) is 0 Å². The number of ether oxygens (including phenoxy) is 1. The molecular weight excluding hydrogens is 226 g/mol. The lowest BCUT2D eigenvalue weighted by Crippen LogP contribution is -2.34. The Bertz CT molecular complexity index is 434. The number of carbonyl (C=O) groups excluding carboxylic acids is 1. The molecule has 0 spiro atoms. The van der Waals surface area contributed by atoms with Crippen molar-refractivity contribution in [1.29, 1.82) is 0 Å². The van der Waals surface area contributed by atoms with Gasteiger partial charge in [0.25, 0.3) is 5.91 Å². The van der Waals surface area contributed by atoms with Crippen LogP contribution in [0.1, 0.15) is 37.0 Å². The molecule has 0 saturated heterocycles. The third kappa shape index (κ3) is 3.81. The van der Waals surface area contributed by atoms with Gasteiger partial charge in [-0.2, -0.15) is 0 Å². The first-order valence-electron chi connectivity index (χ1n) is 6.19. The van der Waals surface area contributed by atoms with Gasteiger partial charge in [0.1, 0.15) is 5.75 Å². The number of hydrogen-bond acceptors (Lipinski definition) is 2. The molecule has 1 aromatic rings. The second-order valence-corrected chi connectivity index (χ2v) is 3.92. The maximum Gasteiger partial charge on any atom is 0.255 e. The summed E-state index contributed by atoms with van der Waals surface area (Å²) in [4.78, 5) is 12.1. The van der Waals surface area contributed by atoms with Gasteiger partial charge in [-0.05, 0) is 25.5 Å². The first-order valence-corrected chi connectivity index (χ1v) is 6.19. The smallest absolute Gasteiger partial charge is 0.255 e. The Kier molecular flexibility index (Phi) is 5.79. The largest absolute Gasteiger partial charge is 0.493 e. The third-order valence-electron chi connectivity index (χ3n) is 2.62. The van der Waals surface area contributed by atoms with Crippen LogP contribution in [-0.4, -0.2) is 18.6 Å². The number of amides is 1. The van der Waals surface area contributed by atoms with Crippen LogP contribution in [0, 0.1) is 12.3 Å². The van der Waals surface area contributed by atoms with Crippen LogP contribution in [0.4, 0.5) is 0 Å². The molecule has 18 heavy (non-hydrogen) atoms. The molecule has 0 heterocycles. The molecule has 1 atom stereocenters. The first-order chi connectivity index (χ1) is 8.72. The average molecular weight is 245 g/mol. The molecular formula is C15H19NO2. The lowest BCUT2D eigenvalue weighted by atomic mass is 10.1. The maximum absolute atomic E-state index is 12.1. The van der Waals surface area contributed by atoms with Crippen LogP contribution in [0.2, 0.25) is 0 Å². The van der Waals surface area contributed by atoms with Crippen LogP contribution < -0.4 is 10.1 Å². The van der Waals surface area contributed by atoms with E-state index < -0.39 is 0 Å². The maximum atomic E-state index is 12.1. The van der Waals surface area contributed by atoms with Crippen molar-refractivity contribution in [2.24, 2.45) is 0 Å². The summed E-state index contributed by atoms with van der Waals surface area (Å²) >= 11 is 0. The predicted octanol–water partition coefficient (Wildman–Crippen LogP) is 2.62. The van der Waals surface area contributed by atoms with Crippen molar-refractivity contribution in [2.45, 2.75) is 32.7 Å². The van der Waals surface area contributed by atoms with Gasteiger partial charge >= 0.3 is 0 Å². The molecule has 1 rings (SSSR count). The molecule has 1 amide bonds. The second kappa shape index (κ2) is 7.39. The van der Waals surface area contributed by atoms with Crippen LogP contribution >= 0.6 is 0 Å². The first kappa shape index (κ1) is 14.1. The standard InChI is InChI=1S/C15H19NO2/c1-4-9-12(5-2)16-15(17)13-10-7-8-11-14(13)18-6-3/h1,7-8,10-12H,5-6,9H2,2-3H3,(H,16,17). The summed E-state index contributed by atoms with van der Waals surface area (Å²) in [5, 5.41) is 2.92. The Labute approximate surface area is 109 Å². The average Bonchev–Trinajstić information content (AvgIpc) is 2.39. The summed E-state index contributed by atoms with van der Waals surface area (Å²) in [5.41, 5.74) is 0.551. The van der Waals surface area contributed by atoms with E-state index in [4.69, 9.17) is 11.2 Å². The minimum atomic E-state index is -0.138. The van der Waals surface area contributed by atoms with Crippen LogP contribution in [0.5, 0.6) is 5.75 Å². The van der Waals surface area contributed by atoms with Gasteiger partial charge < -0.3 is 10.1 Å². The molecule has 0 aliphatic heterocycles. The fourth-order valence-electron chi connectivity index (χ4n) is 1.64. The summed E-state index contributed by atoms with van der Waals surface area (Å²) in [6.07, 6.45) is 6.62. The van der Waals surface area contributed by atoms with Crippen molar-refractivity contribution in [1.82, 2.24) is 5.32 Å². The number of terminal acetylenes is 1. The number of benzene rings is 1. The molecule has 96 valence electrons. The van der Waals surface area contributed by atoms with Gasteiger partial charge in [0.05, 0.1) is 12.2 Å². The Hall–Kier alpha value is -1.95. The zero-order valence-electron chi connectivity index (χ0n) is 10.9. The summed E-state index contributed by atoms with van der Waals surface area (Å²) < 4.78 is 5.43. The fourth-order valence-corrected chi connectivity index (χ4v) is 1.64. The highest BCUT2D eigenvalue weighted by atomic mass is 16.5. The van der Waals surface area contributed by atoms with E-state index in [1.807, 2.05) is 26.0 Å². The molecule has 1 unspecified atom stereocenters. The summed E-state index contributed by atoms with van der Waals surface area (Å²) in [7, 11) is 0. The molecule has 0 fully saturated rings. The highest BCUT2D eigenvalue weighted by Crippen LogP contribution is 2.18. The summed E-state index contributed by atoms with van der Waals surface area (Å²) in [6.45, 7) is 4.42. The minimum absolute atomic E-state index is 0.0113. The van der Waals surface area contributed by atoms with Crippen molar-refractivity contribution >= 4 is 5.91 Å². The number of para-hydroxylation sites is 1. The third-order valence-corrected chi connectivity index (χ3v) is 2.62. The number of carbonyl (C=O) groups is 1. The van der Waals surface area contributed by atoms with Gasteiger partial charge in [0.2, 0.25) is 0 Å². The van der Waals surface area contributed by atoms with Crippen molar-refractivity contribution in [3.63, 3.8) is 0 Å². The zero-order chi connectivity index (χ0) is 13.4. The van der Waals surface area contributed by atoms with E-state index in [1.165, 1.54) is 0 Å². The highest BCUT2D eigenvalue weighted by molar-refractivity contribution is 5.97. The fraction of sp³-hybridized carbons (Fsp3) is 0.400. The van der Waals surface area contributed by atoms with Gasteiger partial charge in [-0.15, -0.1) is 12.3 Å². The van der Waals surface area contributed by atoms with Gasteiger partial charge in [0.15, 0.2) is 0 Å². The van der Waals surface area contributed by atoms with E-state index in [1.54, 1.807) is 12.1 Å².